The van der Waals surface area contributed by atoms with Crippen molar-refractivity contribution in [2.75, 3.05) is 16.8 Å². The van der Waals surface area contributed by atoms with Crippen LogP contribution < -0.4 is 15.5 Å². The number of thiocarbonyl (C=S) groups is 1. The third-order valence-corrected chi connectivity index (χ3v) is 4.71. The Labute approximate surface area is 154 Å². The Balaban J connectivity index is 1.64. The summed E-state index contributed by atoms with van der Waals surface area (Å²) in [5, 5.41) is 6.85. The van der Waals surface area contributed by atoms with E-state index in [1.165, 1.54) is 24.8 Å². The summed E-state index contributed by atoms with van der Waals surface area (Å²) in [7, 11) is 0. The minimum absolute atomic E-state index is 0.513. The summed E-state index contributed by atoms with van der Waals surface area (Å²) < 4.78 is 0. The average Bonchev–Trinajstić information content (AvgIpc) is 2.61. The molecule has 1 unspecified atom stereocenters. The van der Waals surface area contributed by atoms with Gasteiger partial charge >= 0.3 is 0 Å². The quantitative estimate of drug-likeness (QED) is 0.817. The van der Waals surface area contributed by atoms with Gasteiger partial charge in [0.1, 0.15) is 5.82 Å². The number of hydrogen-bond donors (Lipinski definition) is 2. The number of nitrogens with one attached hydrogen (secondary N) is 2. The Hall–Kier alpha value is -2.21. The lowest BCUT2D eigenvalue weighted by Gasteiger charge is -2.34. The zero-order chi connectivity index (χ0) is 17.6. The van der Waals surface area contributed by atoms with Crippen molar-refractivity contribution >= 4 is 29.1 Å². The van der Waals surface area contributed by atoms with E-state index in [0.717, 1.165) is 18.1 Å². The van der Waals surface area contributed by atoms with Gasteiger partial charge in [-0.05, 0) is 50.9 Å². The van der Waals surface area contributed by atoms with E-state index in [0.29, 0.717) is 23.6 Å². The summed E-state index contributed by atoms with van der Waals surface area (Å²) in [6, 6.07) is 12.7. The van der Waals surface area contributed by atoms with Crippen molar-refractivity contribution in [1.29, 1.82) is 0 Å². The van der Waals surface area contributed by atoms with Crippen molar-refractivity contribution in [2.45, 2.75) is 45.7 Å². The molecular weight excluding hydrogens is 330 g/mol. The van der Waals surface area contributed by atoms with Gasteiger partial charge in [0.25, 0.3) is 0 Å². The molecule has 1 atom stereocenters. The fraction of sp³-hybridized carbons (Fsp3) is 0.421. The maximum atomic E-state index is 5.39. The second-order valence-electron chi connectivity index (χ2n) is 6.52. The van der Waals surface area contributed by atoms with Crippen molar-refractivity contribution in [3.63, 3.8) is 0 Å². The van der Waals surface area contributed by atoms with Crippen molar-refractivity contribution in [2.24, 2.45) is 0 Å². The van der Waals surface area contributed by atoms with Crippen LogP contribution in [0.2, 0.25) is 0 Å². The van der Waals surface area contributed by atoms with Crippen LogP contribution in [0.4, 0.5) is 11.8 Å². The van der Waals surface area contributed by atoms with Gasteiger partial charge in [0, 0.05) is 30.9 Å². The first-order valence-corrected chi connectivity index (χ1v) is 9.24. The van der Waals surface area contributed by atoms with E-state index >= 15 is 0 Å². The molecule has 2 N–H and O–H groups in total. The van der Waals surface area contributed by atoms with Gasteiger partial charge in [-0.3, -0.25) is 0 Å². The molecule has 1 aromatic heterocycles. The zero-order valence-corrected chi connectivity index (χ0v) is 15.6. The van der Waals surface area contributed by atoms with Gasteiger partial charge in [0.15, 0.2) is 5.11 Å². The number of hydrogen-bond acceptors (Lipinski definition) is 4. The molecule has 0 spiro atoms. The van der Waals surface area contributed by atoms with E-state index in [9.17, 15) is 0 Å². The second kappa shape index (κ2) is 8.25. The number of nitrogens with zero attached hydrogens (tertiary/aromatic N) is 3. The molecule has 1 aromatic carbocycles. The van der Waals surface area contributed by atoms with Crippen molar-refractivity contribution < 1.29 is 0 Å². The molecule has 0 bridgehead atoms. The van der Waals surface area contributed by atoms with Crippen molar-refractivity contribution in [1.82, 2.24) is 15.3 Å². The maximum Gasteiger partial charge on any atom is 0.231 e. The molecule has 0 radical (unpaired) electrons. The lowest BCUT2D eigenvalue weighted by molar-refractivity contribution is 0.481. The van der Waals surface area contributed by atoms with Crippen LogP contribution in [0.1, 0.15) is 37.4 Å². The highest BCUT2D eigenvalue weighted by molar-refractivity contribution is 7.80. The Bertz CT molecular complexity index is 719. The maximum absolute atomic E-state index is 5.39. The molecule has 0 amide bonds. The Morgan fingerprint density at radius 2 is 2.04 bits per heavy atom. The topological polar surface area (TPSA) is 53.1 Å². The largest absolute Gasteiger partial charge is 0.358 e. The standard InChI is InChI=1S/C19H25N5S/c1-14-12-17(24-11-7-6-8-15(24)2)22-18(21-14)23-19(25)20-13-16-9-4-3-5-10-16/h3-5,9-10,12,15H,6-8,11,13H2,1-2H3,(H2,20,21,22,23,25). The van der Waals surface area contributed by atoms with Gasteiger partial charge in [-0.1, -0.05) is 30.3 Å². The molecule has 1 saturated heterocycles. The first-order valence-electron chi connectivity index (χ1n) is 8.83. The van der Waals surface area contributed by atoms with Crippen LogP contribution in [0.3, 0.4) is 0 Å². The summed E-state index contributed by atoms with van der Waals surface area (Å²) >= 11 is 5.39. The highest BCUT2D eigenvalue weighted by Gasteiger charge is 2.20. The molecule has 132 valence electrons. The number of benzene rings is 1. The summed E-state index contributed by atoms with van der Waals surface area (Å²) in [6.45, 7) is 5.98. The van der Waals surface area contributed by atoms with Gasteiger partial charge in [-0.25, -0.2) is 4.98 Å². The number of aryl methyl sites for hydroxylation is 1. The van der Waals surface area contributed by atoms with Crippen molar-refractivity contribution in [3.05, 3.63) is 47.7 Å². The summed E-state index contributed by atoms with van der Waals surface area (Å²) in [6.07, 6.45) is 3.72. The molecule has 5 nitrogen and oxygen atoms in total. The molecule has 6 heteroatoms. The Kier molecular flexibility index (Phi) is 5.81. The first kappa shape index (κ1) is 17.6. The van der Waals surface area contributed by atoms with E-state index in [1.807, 2.05) is 31.2 Å². The minimum atomic E-state index is 0.513. The van der Waals surface area contributed by atoms with Gasteiger partial charge in [0.2, 0.25) is 5.95 Å². The number of anilines is 2. The third-order valence-electron chi connectivity index (χ3n) is 4.46. The second-order valence-corrected chi connectivity index (χ2v) is 6.93. The van der Waals surface area contributed by atoms with Crippen LogP contribution in [0, 0.1) is 6.92 Å². The predicted octanol–water partition coefficient (Wildman–Crippen LogP) is 3.65. The molecular formula is C19H25N5S. The van der Waals surface area contributed by atoms with Gasteiger partial charge < -0.3 is 15.5 Å². The van der Waals surface area contributed by atoms with Gasteiger partial charge in [-0.2, -0.15) is 4.98 Å². The SMILES string of the molecule is Cc1cc(N2CCCCC2C)nc(NC(=S)NCc2ccccc2)n1. The molecule has 1 aliphatic heterocycles. The summed E-state index contributed by atoms with van der Waals surface area (Å²) in [5.74, 6) is 1.53. The molecule has 25 heavy (non-hydrogen) atoms. The van der Waals surface area contributed by atoms with E-state index in [4.69, 9.17) is 12.2 Å². The van der Waals surface area contributed by atoms with E-state index < -0.39 is 0 Å². The van der Waals surface area contributed by atoms with Crippen LogP contribution in [-0.4, -0.2) is 27.7 Å². The normalized spacial score (nSPS) is 17.2. The van der Waals surface area contributed by atoms with Crippen LogP contribution in [0.15, 0.2) is 36.4 Å². The smallest absolute Gasteiger partial charge is 0.231 e. The van der Waals surface area contributed by atoms with Gasteiger partial charge in [-0.15, -0.1) is 0 Å². The Morgan fingerprint density at radius 3 is 2.80 bits per heavy atom. The monoisotopic (exact) mass is 355 g/mol. The predicted molar refractivity (Wildman–Crippen MR) is 107 cm³/mol. The number of rotatable bonds is 4. The van der Waals surface area contributed by atoms with Crippen molar-refractivity contribution in [3.8, 4) is 0 Å². The van der Waals surface area contributed by atoms with E-state index in [1.54, 1.807) is 0 Å². The molecule has 1 fully saturated rings. The minimum Gasteiger partial charge on any atom is -0.358 e. The molecule has 2 aromatic rings. The lowest BCUT2D eigenvalue weighted by Crippen LogP contribution is -2.38. The van der Waals surface area contributed by atoms with Crippen LogP contribution >= 0.6 is 12.2 Å². The molecule has 0 aliphatic carbocycles. The first-order chi connectivity index (χ1) is 12.1. The van der Waals surface area contributed by atoms with E-state index in [-0.39, 0.29) is 0 Å². The fourth-order valence-electron chi connectivity index (χ4n) is 3.12. The Morgan fingerprint density at radius 1 is 1.24 bits per heavy atom. The lowest BCUT2D eigenvalue weighted by atomic mass is 10.0. The molecule has 1 aliphatic rings. The van der Waals surface area contributed by atoms with Crippen LogP contribution in [-0.2, 0) is 6.54 Å². The zero-order valence-electron chi connectivity index (χ0n) is 14.8. The van der Waals surface area contributed by atoms with Crippen LogP contribution in [0.5, 0.6) is 0 Å². The van der Waals surface area contributed by atoms with Gasteiger partial charge in [0.05, 0.1) is 0 Å². The molecule has 3 rings (SSSR count). The van der Waals surface area contributed by atoms with Crippen LogP contribution in [0.25, 0.3) is 0 Å². The van der Waals surface area contributed by atoms with E-state index in [2.05, 4.69) is 44.6 Å². The number of aromatic nitrogens is 2. The third kappa shape index (κ3) is 4.89. The number of piperidine rings is 1. The summed E-state index contributed by atoms with van der Waals surface area (Å²) in [4.78, 5) is 11.5. The highest BCUT2D eigenvalue weighted by atomic mass is 32.1. The summed E-state index contributed by atoms with van der Waals surface area (Å²) in [5.41, 5.74) is 2.12. The molecule has 2 heterocycles. The molecule has 0 saturated carbocycles. The average molecular weight is 356 g/mol. The fourth-order valence-corrected chi connectivity index (χ4v) is 3.28. The highest BCUT2D eigenvalue weighted by Crippen LogP contribution is 2.24.